The third kappa shape index (κ3) is 4.61. The zero-order valence-corrected chi connectivity index (χ0v) is 11.9. The lowest BCUT2D eigenvalue weighted by Crippen LogP contribution is -2.15. The number of rotatable bonds is 5. The smallest absolute Gasteiger partial charge is 0.411 e. The molecule has 108 valence electrons. The molecule has 1 unspecified atom stereocenters. The minimum Gasteiger partial charge on any atom is -0.450 e. The van der Waals surface area contributed by atoms with E-state index in [-0.39, 0.29) is 0 Å². The van der Waals surface area contributed by atoms with E-state index in [0.29, 0.717) is 6.61 Å². The Morgan fingerprint density at radius 1 is 1.25 bits per heavy atom. The van der Waals surface area contributed by atoms with Crippen LogP contribution in [0.2, 0.25) is 0 Å². The average molecular weight is 274 g/mol. The lowest BCUT2D eigenvalue weighted by atomic mass is 9.94. The van der Waals surface area contributed by atoms with Gasteiger partial charge in [-0.3, -0.25) is 5.32 Å². The van der Waals surface area contributed by atoms with Gasteiger partial charge in [0.05, 0.1) is 6.61 Å². The zero-order valence-electron chi connectivity index (χ0n) is 11.9. The predicted molar refractivity (Wildman–Crippen MR) is 82.1 cm³/mol. The molecule has 0 aliphatic heterocycles. The Kier molecular flexibility index (Phi) is 5.47. The lowest BCUT2D eigenvalue weighted by Gasteiger charge is -2.18. The number of carbonyl (C=O) groups is 1. The van der Waals surface area contributed by atoms with E-state index >= 15 is 0 Å². The van der Waals surface area contributed by atoms with Gasteiger partial charge in [-0.2, -0.15) is 0 Å². The van der Waals surface area contributed by atoms with Gasteiger partial charge >= 0.3 is 6.09 Å². The van der Waals surface area contributed by atoms with Crippen LogP contribution in [0.15, 0.2) is 36.4 Å². The van der Waals surface area contributed by atoms with Gasteiger partial charge in [0.25, 0.3) is 0 Å². The summed E-state index contributed by atoms with van der Waals surface area (Å²) in [6, 6.07) is 7.69. The summed E-state index contributed by atoms with van der Waals surface area (Å²) in [5, 5.41) is 6.12. The van der Waals surface area contributed by atoms with Gasteiger partial charge in [-0.1, -0.05) is 12.2 Å². The molecule has 2 rings (SSSR count). The Morgan fingerprint density at radius 3 is 2.65 bits per heavy atom. The Labute approximate surface area is 120 Å². The monoisotopic (exact) mass is 274 g/mol. The first-order valence-corrected chi connectivity index (χ1v) is 7.20. The molecule has 0 aromatic heterocycles. The molecular formula is C16H22N2O2. The quantitative estimate of drug-likeness (QED) is 0.797. The minimum absolute atomic E-state index is 0.376. The molecule has 1 aliphatic carbocycles. The Morgan fingerprint density at radius 2 is 2.00 bits per heavy atom. The second-order valence-corrected chi connectivity index (χ2v) is 4.95. The van der Waals surface area contributed by atoms with Gasteiger partial charge in [-0.05, 0) is 56.4 Å². The molecule has 4 nitrogen and oxygen atoms in total. The summed E-state index contributed by atoms with van der Waals surface area (Å²) in [6.07, 6.45) is 7.72. The number of benzene rings is 1. The summed E-state index contributed by atoms with van der Waals surface area (Å²) in [4.78, 5) is 11.3. The van der Waals surface area contributed by atoms with Gasteiger partial charge in [-0.25, -0.2) is 4.79 Å². The van der Waals surface area contributed by atoms with Crippen LogP contribution in [0.5, 0.6) is 0 Å². The Balaban J connectivity index is 1.79. The third-order valence-corrected chi connectivity index (χ3v) is 3.38. The summed E-state index contributed by atoms with van der Waals surface area (Å²) >= 11 is 0. The van der Waals surface area contributed by atoms with E-state index in [2.05, 4.69) is 22.8 Å². The molecule has 4 heteroatoms. The van der Waals surface area contributed by atoms with Gasteiger partial charge in [0, 0.05) is 17.9 Å². The Bertz CT molecular complexity index is 454. The summed E-state index contributed by atoms with van der Waals surface area (Å²) in [5.41, 5.74) is 1.82. The predicted octanol–water partition coefficient (Wildman–Crippen LogP) is 4.02. The summed E-state index contributed by atoms with van der Waals surface area (Å²) in [7, 11) is 0. The van der Waals surface area contributed by atoms with Crippen molar-refractivity contribution >= 4 is 17.5 Å². The lowest BCUT2D eigenvalue weighted by molar-refractivity contribution is 0.168. The number of nitrogens with one attached hydrogen (secondary N) is 2. The van der Waals surface area contributed by atoms with Gasteiger partial charge in [0.15, 0.2) is 0 Å². The van der Waals surface area contributed by atoms with Crippen LogP contribution >= 0.6 is 0 Å². The van der Waals surface area contributed by atoms with Crippen LogP contribution in [0, 0.1) is 5.92 Å². The number of hydrogen-bond acceptors (Lipinski definition) is 3. The highest BCUT2D eigenvalue weighted by molar-refractivity contribution is 5.84. The summed E-state index contributed by atoms with van der Waals surface area (Å²) in [6.45, 7) is 3.16. The van der Waals surface area contributed by atoms with Gasteiger partial charge in [-0.15, -0.1) is 0 Å². The molecule has 0 bridgehead atoms. The molecule has 0 spiro atoms. The number of hydrogen-bond donors (Lipinski definition) is 2. The van der Waals surface area contributed by atoms with Crippen LogP contribution in [-0.2, 0) is 4.74 Å². The number of allylic oxidation sites excluding steroid dienone is 2. The number of carbonyl (C=O) groups excluding carboxylic acids is 1. The maximum Gasteiger partial charge on any atom is 0.411 e. The van der Waals surface area contributed by atoms with Crippen LogP contribution in [0.1, 0.15) is 26.2 Å². The van der Waals surface area contributed by atoms with Crippen LogP contribution in [-0.4, -0.2) is 19.2 Å². The van der Waals surface area contributed by atoms with E-state index in [0.717, 1.165) is 30.3 Å². The molecule has 2 N–H and O–H groups in total. The molecule has 0 heterocycles. The minimum atomic E-state index is -0.415. The standard InChI is InChI=1S/C16H22N2O2/c1-2-20-16(19)18-15-10-8-14(9-11-15)17-12-13-6-4-3-5-7-13/h3-4,8-11,13,17H,2,5-7,12H2,1H3,(H,18,19). The largest absolute Gasteiger partial charge is 0.450 e. The number of ether oxygens (including phenoxy) is 1. The molecule has 20 heavy (non-hydrogen) atoms. The van der Waals surface area contributed by atoms with Crippen molar-refractivity contribution < 1.29 is 9.53 Å². The van der Waals surface area contributed by atoms with E-state index in [1.807, 2.05) is 24.3 Å². The van der Waals surface area contributed by atoms with Crippen molar-refractivity contribution in [3.05, 3.63) is 36.4 Å². The highest BCUT2D eigenvalue weighted by Gasteiger charge is 2.09. The first-order chi connectivity index (χ1) is 9.78. The van der Waals surface area contributed by atoms with E-state index in [1.54, 1.807) is 6.92 Å². The van der Waals surface area contributed by atoms with Crippen LogP contribution in [0.4, 0.5) is 16.2 Å². The van der Waals surface area contributed by atoms with E-state index in [9.17, 15) is 4.79 Å². The van der Waals surface area contributed by atoms with Crippen LogP contribution < -0.4 is 10.6 Å². The van der Waals surface area contributed by atoms with E-state index in [4.69, 9.17) is 4.74 Å². The van der Waals surface area contributed by atoms with E-state index < -0.39 is 6.09 Å². The molecule has 1 aromatic rings. The first-order valence-electron chi connectivity index (χ1n) is 7.20. The van der Waals surface area contributed by atoms with Crippen molar-refractivity contribution in [2.45, 2.75) is 26.2 Å². The van der Waals surface area contributed by atoms with Crippen LogP contribution in [0.25, 0.3) is 0 Å². The van der Waals surface area contributed by atoms with E-state index in [1.165, 1.54) is 12.8 Å². The summed E-state index contributed by atoms with van der Waals surface area (Å²) < 4.78 is 4.83. The molecule has 1 aromatic carbocycles. The summed E-state index contributed by atoms with van der Waals surface area (Å²) in [5.74, 6) is 0.720. The molecule has 0 radical (unpaired) electrons. The SMILES string of the molecule is CCOC(=O)Nc1ccc(NCC2CC=CCC2)cc1. The fraction of sp³-hybridized carbons (Fsp3) is 0.438. The van der Waals surface area contributed by atoms with Gasteiger partial charge in [0.1, 0.15) is 0 Å². The molecule has 0 saturated heterocycles. The normalized spacial score (nSPS) is 17.6. The van der Waals surface area contributed by atoms with Gasteiger partial charge < -0.3 is 10.1 Å². The number of amides is 1. The molecule has 0 saturated carbocycles. The molecule has 1 aliphatic rings. The second-order valence-electron chi connectivity index (χ2n) is 4.95. The zero-order chi connectivity index (χ0) is 14.2. The molecular weight excluding hydrogens is 252 g/mol. The van der Waals surface area contributed by atoms with Crippen molar-refractivity contribution in [1.82, 2.24) is 0 Å². The fourth-order valence-corrected chi connectivity index (χ4v) is 2.26. The number of anilines is 2. The third-order valence-electron chi connectivity index (χ3n) is 3.38. The molecule has 1 atom stereocenters. The second kappa shape index (κ2) is 7.58. The fourth-order valence-electron chi connectivity index (χ4n) is 2.26. The molecule has 1 amide bonds. The topological polar surface area (TPSA) is 50.4 Å². The highest BCUT2D eigenvalue weighted by Crippen LogP contribution is 2.20. The maximum atomic E-state index is 11.3. The van der Waals surface area contributed by atoms with Gasteiger partial charge in [0.2, 0.25) is 0 Å². The maximum absolute atomic E-state index is 11.3. The first kappa shape index (κ1) is 14.4. The van der Waals surface area contributed by atoms with Crippen molar-refractivity contribution in [3.63, 3.8) is 0 Å². The highest BCUT2D eigenvalue weighted by atomic mass is 16.5. The van der Waals surface area contributed by atoms with Crippen molar-refractivity contribution in [2.75, 3.05) is 23.8 Å². The van der Waals surface area contributed by atoms with Crippen LogP contribution in [0.3, 0.4) is 0 Å². The Hall–Kier alpha value is -1.97. The average Bonchev–Trinajstić information content (AvgIpc) is 2.48. The molecule has 0 fully saturated rings. The van der Waals surface area contributed by atoms with Crippen molar-refractivity contribution in [1.29, 1.82) is 0 Å². The van der Waals surface area contributed by atoms with Crippen molar-refractivity contribution in [2.24, 2.45) is 5.92 Å². The van der Waals surface area contributed by atoms with Crippen molar-refractivity contribution in [3.8, 4) is 0 Å².